The lowest BCUT2D eigenvalue weighted by Gasteiger charge is -2.32. The van der Waals surface area contributed by atoms with Gasteiger partial charge in [0, 0.05) is 19.3 Å². The van der Waals surface area contributed by atoms with Gasteiger partial charge < -0.3 is 10.6 Å². The summed E-state index contributed by atoms with van der Waals surface area (Å²) in [6, 6.07) is 3.97. The Labute approximate surface area is 143 Å². The second-order valence-corrected chi connectivity index (χ2v) is 6.89. The maximum absolute atomic E-state index is 12.5. The standard InChI is InChI=1S/C18H28N4O2/c1-12(2)16(17-13(3)6-4-8-20-17)21-10-15(23)22-9-5-7-14(11-22)18(19)24/h4,6,8,12,14,16,21H,5,7,9-11H2,1-3H3,(H2,19,24)/t14-,16-/m0/s1. The molecule has 24 heavy (non-hydrogen) atoms. The zero-order valence-electron chi connectivity index (χ0n) is 14.8. The number of aromatic nitrogens is 1. The third-order valence-electron chi connectivity index (χ3n) is 4.66. The summed E-state index contributed by atoms with van der Waals surface area (Å²) in [5.74, 6) is -0.211. The number of nitrogens with two attached hydrogens (primary N) is 1. The van der Waals surface area contributed by atoms with E-state index in [1.165, 1.54) is 0 Å². The average molecular weight is 332 g/mol. The number of aryl methyl sites for hydroxylation is 1. The van der Waals surface area contributed by atoms with Gasteiger partial charge in [0.2, 0.25) is 11.8 Å². The van der Waals surface area contributed by atoms with Gasteiger partial charge in [0.25, 0.3) is 0 Å². The Morgan fingerprint density at radius 1 is 1.46 bits per heavy atom. The molecule has 2 atom stereocenters. The maximum Gasteiger partial charge on any atom is 0.236 e. The number of rotatable bonds is 6. The predicted molar refractivity (Wildman–Crippen MR) is 93.1 cm³/mol. The summed E-state index contributed by atoms with van der Waals surface area (Å²) in [5, 5.41) is 3.35. The molecule has 132 valence electrons. The van der Waals surface area contributed by atoms with Crippen molar-refractivity contribution in [2.24, 2.45) is 17.6 Å². The molecular formula is C18H28N4O2. The fourth-order valence-corrected chi connectivity index (χ4v) is 3.22. The van der Waals surface area contributed by atoms with Gasteiger partial charge in [0.15, 0.2) is 0 Å². The van der Waals surface area contributed by atoms with Crippen molar-refractivity contribution in [3.05, 3.63) is 29.6 Å². The first-order valence-electron chi connectivity index (χ1n) is 8.62. The van der Waals surface area contributed by atoms with Crippen LogP contribution >= 0.6 is 0 Å². The summed E-state index contributed by atoms with van der Waals surface area (Å²) in [6.07, 6.45) is 3.38. The minimum atomic E-state index is -0.315. The molecule has 1 aromatic rings. The van der Waals surface area contributed by atoms with E-state index in [1.807, 2.05) is 19.1 Å². The van der Waals surface area contributed by atoms with Gasteiger partial charge in [-0.2, -0.15) is 0 Å². The third-order valence-corrected chi connectivity index (χ3v) is 4.66. The molecule has 0 unspecified atom stereocenters. The quantitative estimate of drug-likeness (QED) is 0.824. The second-order valence-electron chi connectivity index (χ2n) is 6.89. The highest BCUT2D eigenvalue weighted by molar-refractivity contribution is 5.81. The maximum atomic E-state index is 12.5. The van der Waals surface area contributed by atoms with E-state index >= 15 is 0 Å². The normalized spacial score (nSPS) is 19.3. The summed E-state index contributed by atoms with van der Waals surface area (Å²) in [7, 11) is 0. The monoisotopic (exact) mass is 332 g/mol. The summed E-state index contributed by atoms with van der Waals surface area (Å²) in [6.45, 7) is 7.62. The summed E-state index contributed by atoms with van der Waals surface area (Å²) in [4.78, 5) is 30.1. The fraction of sp³-hybridized carbons (Fsp3) is 0.611. The molecular weight excluding hydrogens is 304 g/mol. The molecule has 0 spiro atoms. The van der Waals surface area contributed by atoms with Crippen LogP contribution in [0.15, 0.2) is 18.3 Å². The van der Waals surface area contributed by atoms with Gasteiger partial charge in [-0.1, -0.05) is 19.9 Å². The lowest BCUT2D eigenvalue weighted by atomic mass is 9.96. The molecule has 1 aliphatic rings. The SMILES string of the molecule is Cc1cccnc1[C@@H](NCC(=O)N1CCC[C@H](C(N)=O)C1)C(C)C. The van der Waals surface area contributed by atoms with Crippen LogP contribution in [0.5, 0.6) is 0 Å². The molecule has 1 saturated heterocycles. The highest BCUT2D eigenvalue weighted by atomic mass is 16.2. The van der Waals surface area contributed by atoms with Gasteiger partial charge in [-0.3, -0.25) is 19.9 Å². The number of pyridine rings is 1. The largest absolute Gasteiger partial charge is 0.369 e. The number of amides is 2. The van der Waals surface area contributed by atoms with Crippen LogP contribution in [-0.4, -0.2) is 41.3 Å². The van der Waals surface area contributed by atoms with E-state index in [9.17, 15) is 9.59 Å². The number of hydrogen-bond donors (Lipinski definition) is 2. The van der Waals surface area contributed by atoms with Crippen LogP contribution in [0.1, 0.15) is 44.0 Å². The fourth-order valence-electron chi connectivity index (χ4n) is 3.22. The lowest BCUT2D eigenvalue weighted by Crippen LogP contribution is -2.47. The zero-order valence-corrected chi connectivity index (χ0v) is 14.8. The van der Waals surface area contributed by atoms with Crippen LogP contribution in [0, 0.1) is 18.8 Å². The van der Waals surface area contributed by atoms with Crippen LogP contribution in [-0.2, 0) is 9.59 Å². The molecule has 6 nitrogen and oxygen atoms in total. The van der Waals surface area contributed by atoms with Gasteiger partial charge in [0.05, 0.1) is 24.2 Å². The van der Waals surface area contributed by atoms with Crippen molar-refractivity contribution < 1.29 is 9.59 Å². The predicted octanol–water partition coefficient (Wildman–Crippen LogP) is 1.40. The van der Waals surface area contributed by atoms with Crippen LogP contribution < -0.4 is 11.1 Å². The molecule has 2 heterocycles. The first-order chi connectivity index (χ1) is 11.4. The number of nitrogens with one attached hydrogen (secondary N) is 1. The van der Waals surface area contributed by atoms with E-state index in [0.29, 0.717) is 19.0 Å². The van der Waals surface area contributed by atoms with Crippen LogP contribution in [0.3, 0.4) is 0 Å². The molecule has 1 aliphatic heterocycles. The minimum Gasteiger partial charge on any atom is -0.369 e. The summed E-state index contributed by atoms with van der Waals surface area (Å²) in [5.41, 5.74) is 7.48. The third kappa shape index (κ3) is 4.54. The Balaban J connectivity index is 1.98. The first-order valence-corrected chi connectivity index (χ1v) is 8.62. The highest BCUT2D eigenvalue weighted by Gasteiger charge is 2.27. The number of carbonyl (C=O) groups is 2. The van der Waals surface area contributed by atoms with Gasteiger partial charge in [-0.15, -0.1) is 0 Å². The number of likely N-dealkylation sites (tertiary alicyclic amines) is 1. The Bertz CT molecular complexity index is 588. The number of carbonyl (C=O) groups excluding carboxylic acids is 2. The summed E-state index contributed by atoms with van der Waals surface area (Å²) >= 11 is 0. The Hall–Kier alpha value is -1.95. The first kappa shape index (κ1) is 18.4. The Morgan fingerprint density at radius 2 is 2.21 bits per heavy atom. The Morgan fingerprint density at radius 3 is 2.83 bits per heavy atom. The van der Waals surface area contributed by atoms with Gasteiger partial charge in [0.1, 0.15) is 0 Å². The molecule has 0 aromatic carbocycles. The second kappa shape index (κ2) is 8.24. The summed E-state index contributed by atoms with van der Waals surface area (Å²) < 4.78 is 0. The highest BCUT2D eigenvalue weighted by Crippen LogP contribution is 2.22. The minimum absolute atomic E-state index is 0.0141. The van der Waals surface area contributed by atoms with Crippen molar-refractivity contribution in [1.29, 1.82) is 0 Å². The van der Waals surface area contributed by atoms with Crippen LogP contribution in [0.2, 0.25) is 0 Å². The van der Waals surface area contributed by atoms with E-state index in [4.69, 9.17) is 5.73 Å². The van der Waals surface area contributed by atoms with Gasteiger partial charge in [-0.25, -0.2) is 0 Å². The molecule has 2 amide bonds. The van der Waals surface area contributed by atoms with Gasteiger partial charge >= 0.3 is 0 Å². The molecule has 0 bridgehead atoms. The molecule has 0 radical (unpaired) electrons. The van der Waals surface area contributed by atoms with E-state index in [1.54, 1.807) is 11.1 Å². The van der Waals surface area contributed by atoms with Gasteiger partial charge in [-0.05, 0) is 37.3 Å². The van der Waals surface area contributed by atoms with Crippen molar-refractivity contribution in [1.82, 2.24) is 15.2 Å². The Kier molecular flexibility index (Phi) is 6.31. The van der Waals surface area contributed by atoms with Crippen molar-refractivity contribution in [3.8, 4) is 0 Å². The van der Waals surface area contributed by atoms with Crippen LogP contribution in [0.25, 0.3) is 0 Å². The number of hydrogen-bond acceptors (Lipinski definition) is 4. The lowest BCUT2D eigenvalue weighted by molar-refractivity contribution is -0.134. The smallest absolute Gasteiger partial charge is 0.236 e. The number of primary amides is 1. The van der Waals surface area contributed by atoms with Crippen molar-refractivity contribution >= 4 is 11.8 Å². The molecule has 3 N–H and O–H groups in total. The topological polar surface area (TPSA) is 88.3 Å². The number of nitrogens with zero attached hydrogens (tertiary/aromatic N) is 2. The molecule has 1 aromatic heterocycles. The molecule has 0 aliphatic carbocycles. The van der Waals surface area contributed by atoms with E-state index in [-0.39, 0.29) is 30.3 Å². The average Bonchev–Trinajstić information content (AvgIpc) is 2.56. The van der Waals surface area contributed by atoms with E-state index < -0.39 is 0 Å². The van der Waals surface area contributed by atoms with Crippen molar-refractivity contribution in [3.63, 3.8) is 0 Å². The zero-order chi connectivity index (χ0) is 17.7. The van der Waals surface area contributed by atoms with Crippen molar-refractivity contribution in [2.45, 2.75) is 39.7 Å². The molecule has 1 fully saturated rings. The van der Waals surface area contributed by atoms with Crippen LogP contribution in [0.4, 0.5) is 0 Å². The molecule has 6 heteroatoms. The molecule has 0 saturated carbocycles. The van der Waals surface area contributed by atoms with Crippen molar-refractivity contribution in [2.75, 3.05) is 19.6 Å². The number of piperidine rings is 1. The van der Waals surface area contributed by atoms with E-state index in [0.717, 1.165) is 24.1 Å². The van der Waals surface area contributed by atoms with E-state index in [2.05, 4.69) is 24.1 Å². The molecule has 2 rings (SSSR count).